The maximum Gasteiger partial charge on any atom is 0.410 e. The number of hydrogen-bond acceptors (Lipinski definition) is 4. The smallest absolute Gasteiger partial charge is 0.410 e. The van der Waals surface area contributed by atoms with E-state index in [2.05, 4.69) is 27.9 Å². The second-order valence-electron chi connectivity index (χ2n) is 7.09. The summed E-state index contributed by atoms with van der Waals surface area (Å²) in [5.41, 5.74) is 0.514. The highest BCUT2D eigenvalue weighted by atomic mass is 127. The number of ether oxygens (including phenoxy) is 2. The lowest BCUT2D eigenvalue weighted by molar-refractivity contribution is -0.119. The summed E-state index contributed by atoms with van der Waals surface area (Å²) in [5, 5.41) is 2.84. The highest BCUT2D eigenvalue weighted by molar-refractivity contribution is 14.1. The Hall–Kier alpha value is -1.51. The molecule has 2 rings (SSSR count). The van der Waals surface area contributed by atoms with Gasteiger partial charge in [0.1, 0.15) is 21.5 Å². The Labute approximate surface area is 162 Å². The summed E-state index contributed by atoms with van der Waals surface area (Å²) in [5.74, 6) is 0.694. The maximum absolute atomic E-state index is 12.1. The second-order valence-corrected chi connectivity index (χ2v) is 8.33. The van der Waals surface area contributed by atoms with Crippen LogP contribution in [0.2, 0.25) is 0 Å². The van der Waals surface area contributed by atoms with Crippen molar-refractivity contribution >= 4 is 34.6 Å². The first-order valence-electron chi connectivity index (χ1n) is 8.30. The van der Waals surface area contributed by atoms with Crippen molar-refractivity contribution in [3.05, 3.63) is 29.8 Å². The Morgan fingerprint density at radius 1 is 1.28 bits per heavy atom. The van der Waals surface area contributed by atoms with Gasteiger partial charge >= 0.3 is 6.09 Å². The van der Waals surface area contributed by atoms with E-state index >= 15 is 0 Å². The predicted octanol–water partition coefficient (Wildman–Crippen LogP) is 3.64. The number of halogens is 1. The van der Waals surface area contributed by atoms with E-state index in [0.29, 0.717) is 13.1 Å². The summed E-state index contributed by atoms with van der Waals surface area (Å²) in [6, 6.07) is 7.64. The van der Waals surface area contributed by atoms with Crippen LogP contribution in [0.25, 0.3) is 0 Å². The Morgan fingerprint density at radius 3 is 2.48 bits per heavy atom. The van der Waals surface area contributed by atoms with Gasteiger partial charge in [0.05, 0.1) is 6.54 Å². The first-order valence-corrected chi connectivity index (χ1v) is 9.54. The number of alkyl halides is 1. The molecule has 1 aliphatic heterocycles. The fourth-order valence-electron chi connectivity index (χ4n) is 2.49. The number of likely N-dealkylation sites (tertiary alicyclic amines) is 1. The van der Waals surface area contributed by atoms with E-state index in [1.165, 1.54) is 6.92 Å². The first kappa shape index (κ1) is 19.8. The van der Waals surface area contributed by atoms with Crippen molar-refractivity contribution in [1.29, 1.82) is 0 Å². The summed E-state index contributed by atoms with van der Waals surface area (Å²) in [6.07, 6.45) is 0.447. The zero-order valence-corrected chi connectivity index (χ0v) is 17.2. The number of hydrogen-bond donors (Lipinski definition) is 1. The third-order valence-electron chi connectivity index (χ3n) is 3.60. The van der Waals surface area contributed by atoms with Gasteiger partial charge in [0, 0.05) is 19.9 Å². The number of carbonyl (C=O) groups excluding carboxylic acids is 2. The normalized spacial score (nSPS) is 18.6. The lowest BCUT2D eigenvalue weighted by Crippen LogP contribution is -2.36. The van der Waals surface area contributed by atoms with Crippen LogP contribution in [0, 0.1) is 0 Å². The Morgan fingerprint density at radius 2 is 1.92 bits per heavy atom. The lowest BCUT2D eigenvalue weighted by Gasteiger charge is -2.24. The van der Waals surface area contributed by atoms with Gasteiger partial charge < -0.3 is 19.7 Å². The van der Waals surface area contributed by atoms with E-state index in [4.69, 9.17) is 9.47 Å². The van der Waals surface area contributed by atoms with Crippen LogP contribution in [0.15, 0.2) is 24.3 Å². The molecule has 0 bridgehead atoms. The van der Waals surface area contributed by atoms with E-state index in [1.54, 1.807) is 4.90 Å². The number of amides is 2. The molecule has 1 aliphatic rings. The number of benzene rings is 1. The van der Waals surface area contributed by atoms with Crippen LogP contribution in [-0.2, 0) is 9.53 Å². The molecular weight excluding hydrogens is 435 g/mol. The molecule has 2 amide bonds. The predicted molar refractivity (Wildman–Crippen MR) is 104 cm³/mol. The van der Waals surface area contributed by atoms with Crippen LogP contribution in [0.4, 0.5) is 4.79 Å². The second kappa shape index (κ2) is 8.25. The molecule has 25 heavy (non-hydrogen) atoms. The van der Waals surface area contributed by atoms with Crippen molar-refractivity contribution in [2.45, 2.75) is 49.9 Å². The van der Waals surface area contributed by atoms with Crippen LogP contribution in [0.1, 0.15) is 43.7 Å². The largest absolute Gasteiger partial charge is 0.489 e. The zero-order valence-electron chi connectivity index (χ0n) is 15.0. The van der Waals surface area contributed by atoms with Crippen molar-refractivity contribution in [2.24, 2.45) is 0 Å². The molecular formula is C18H25IN2O4. The van der Waals surface area contributed by atoms with Crippen molar-refractivity contribution in [3.63, 3.8) is 0 Å². The fourth-order valence-corrected chi connectivity index (χ4v) is 3.34. The molecule has 1 N–H and O–H groups in total. The van der Waals surface area contributed by atoms with Crippen LogP contribution in [0.5, 0.6) is 5.75 Å². The van der Waals surface area contributed by atoms with Gasteiger partial charge in [-0.1, -0.05) is 34.7 Å². The highest BCUT2D eigenvalue weighted by Crippen LogP contribution is 2.25. The van der Waals surface area contributed by atoms with Gasteiger partial charge in [-0.05, 0) is 38.5 Å². The van der Waals surface area contributed by atoms with Crippen molar-refractivity contribution < 1.29 is 19.1 Å². The molecule has 0 spiro atoms. The van der Waals surface area contributed by atoms with E-state index < -0.39 is 5.60 Å². The standard InChI is InChI=1S/C18H25IN2O4/c1-12(22)20-16(19)13-5-7-14(8-6-13)24-15-9-10-21(11-15)17(23)25-18(2,3)4/h5-8,15-16H,9-11H2,1-4H3,(H,20,22)/t15?,16-/m0/s1. The van der Waals surface area contributed by atoms with E-state index in [1.807, 2.05) is 45.0 Å². The number of carbonyl (C=O) groups is 2. The van der Waals surface area contributed by atoms with Crippen molar-refractivity contribution in [3.8, 4) is 5.75 Å². The Balaban J connectivity index is 1.87. The molecule has 0 radical (unpaired) electrons. The lowest BCUT2D eigenvalue weighted by atomic mass is 10.2. The quantitative estimate of drug-likeness (QED) is 0.423. The van der Waals surface area contributed by atoms with Crippen LogP contribution < -0.4 is 10.1 Å². The monoisotopic (exact) mass is 460 g/mol. The molecule has 0 aliphatic carbocycles. The molecule has 1 saturated heterocycles. The number of nitrogens with one attached hydrogen (secondary N) is 1. The molecule has 138 valence electrons. The first-order chi connectivity index (χ1) is 11.6. The summed E-state index contributed by atoms with van der Waals surface area (Å²) in [7, 11) is 0. The average Bonchev–Trinajstić information content (AvgIpc) is 2.94. The van der Waals surface area contributed by atoms with Gasteiger partial charge in [-0.3, -0.25) is 4.79 Å². The minimum atomic E-state index is -0.490. The topological polar surface area (TPSA) is 67.9 Å². The fraction of sp³-hybridized carbons (Fsp3) is 0.556. The summed E-state index contributed by atoms with van der Waals surface area (Å²) >= 11 is 2.17. The molecule has 1 heterocycles. The van der Waals surface area contributed by atoms with Gasteiger partial charge in [-0.15, -0.1) is 0 Å². The maximum atomic E-state index is 12.1. The van der Waals surface area contributed by atoms with Crippen LogP contribution >= 0.6 is 22.6 Å². The molecule has 2 atom stereocenters. The van der Waals surface area contributed by atoms with E-state index in [-0.39, 0.29) is 22.2 Å². The van der Waals surface area contributed by atoms with Gasteiger partial charge in [0.2, 0.25) is 5.91 Å². The molecule has 6 nitrogen and oxygen atoms in total. The van der Waals surface area contributed by atoms with Gasteiger partial charge in [0.25, 0.3) is 0 Å². The van der Waals surface area contributed by atoms with E-state index in [0.717, 1.165) is 17.7 Å². The van der Waals surface area contributed by atoms with Gasteiger partial charge in [0.15, 0.2) is 0 Å². The summed E-state index contributed by atoms with van der Waals surface area (Å²) < 4.78 is 11.3. The molecule has 1 unspecified atom stereocenters. The molecule has 1 aromatic carbocycles. The third-order valence-corrected chi connectivity index (χ3v) is 4.63. The van der Waals surface area contributed by atoms with Crippen LogP contribution in [0.3, 0.4) is 0 Å². The molecule has 0 saturated carbocycles. The minimum Gasteiger partial charge on any atom is -0.489 e. The zero-order chi connectivity index (χ0) is 18.6. The summed E-state index contributed by atoms with van der Waals surface area (Å²) in [6.45, 7) is 8.24. The Bertz CT molecular complexity index is 612. The van der Waals surface area contributed by atoms with Gasteiger partial charge in [-0.2, -0.15) is 0 Å². The number of rotatable bonds is 4. The SMILES string of the molecule is CC(=O)N[C@H](I)c1ccc(OC2CCN(C(=O)OC(C)(C)C)C2)cc1. The average molecular weight is 460 g/mol. The van der Waals surface area contributed by atoms with Gasteiger partial charge in [-0.25, -0.2) is 4.79 Å². The summed E-state index contributed by atoms with van der Waals surface area (Å²) in [4.78, 5) is 24.9. The highest BCUT2D eigenvalue weighted by Gasteiger charge is 2.30. The molecule has 1 fully saturated rings. The molecule has 0 aromatic heterocycles. The van der Waals surface area contributed by atoms with Crippen LogP contribution in [-0.4, -0.2) is 41.7 Å². The number of nitrogens with zero attached hydrogens (tertiary/aromatic N) is 1. The molecule has 1 aromatic rings. The van der Waals surface area contributed by atoms with Crippen molar-refractivity contribution in [2.75, 3.05) is 13.1 Å². The minimum absolute atomic E-state index is 0.0379. The molecule has 7 heteroatoms. The van der Waals surface area contributed by atoms with E-state index in [9.17, 15) is 9.59 Å². The van der Waals surface area contributed by atoms with Crippen molar-refractivity contribution in [1.82, 2.24) is 10.2 Å². The Kier molecular flexibility index (Phi) is 6.53. The third kappa shape index (κ3) is 6.37.